The van der Waals surface area contributed by atoms with E-state index in [2.05, 4.69) is 4.74 Å². The third kappa shape index (κ3) is 4.60. The lowest BCUT2D eigenvalue weighted by atomic mass is 9.86. The first-order chi connectivity index (χ1) is 6.41. The highest BCUT2D eigenvalue weighted by Crippen LogP contribution is 2.25. The fraction of sp³-hybridized carbons (Fsp3) is 0.455. The predicted octanol–water partition coefficient (Wildman–Crippen LogP) is 1.89. The van der Waals surface area contributed by atoms with Crippen molar-refractivity contribution in [1.82, 2.24) is 0 Å². The van der Waals surface area contributed by atoms with Gasteiger partial charge in [-0.3, -0.25) is 4.79 Å². The summed E-state index contributed by atoms with van der Waals surface area (Å²) in [4.78, 5) is 21.2. The van der Waals surface area contributed by atoms with Crippen molar-refractivity contribution in [2.45, 2.75) is 20.8 Å². The average molecular weight is 196 g/mol. The van der Waals surface area contributed by atoms with E-state index in [1.807, 2.05) is 20.8 Å². The topological polar surface area (TPSA) is 43.4 Å². The lowest BCUT2D eigenvalue weighted by Crippen LogP contribution is -2.08. The summed E-state index contributed by atoms with van der Waals surface area (Å²) in [5.41, 5.74) is 0.628. The minimum Gasteiger partial charge on any atom is -0.466 e. The summed E-state index contributed by atoms with van der Waals surface area (Å²) in [5.74, 6) is -0.425. The van der Waals surface area contributed by atoms with Gasteiger partial charge in [-0.15, -0.1) is 0 Å². The predicted molar refractivity (Wildman–Crippen MR) is 54.8 cm³/mol. The van der Waals surface area contributed by atoms with Gasteiger partial charge in [0.1, 0.15) is 6.29 Å². The number of carbonyl (C=O) groups excluding carboxylic acids is 2. The minimum atomic E-state index is -0.425. The first-order valence-electron chi connectivity index (χ1n) is 4.33. The van der Waals surface area contributed by atoms with E-state index in [4.69, 9.17) is 0 Å². The van der Waals surface area contributed by atoms with E-state index < -0.39 is 5.97 Å². The van der Waals surface area contributed by atoms with Crippen LogP contribution in [0.3, 0.4) is 0 Å². The van der Waals surface area contributed by atoms with Crippen molar-refractivity contribution in [3.8, 4) is 0 Å². The molecule has 0 aromatic rings. The fourth-order valence-electron chi connectivity index (χ4n) is 0.855. The molecule has 0 atom stereocenters. The van der Waals surface area contributed by atoms with Crippen molar-refractivity contribution in [2.75, 3.05) is 7.11 Å². The Bertz CT molecular complexity index is 267. The van der Waals surface area contributed by atoms with Crippen LogP contribution in [-0.2, 0) is 14.3 Å². The SMILES string of the molecule is COC(=O)/C=C\C(=C/C=O)C(C)(C)C. The van der Waals surface area contributed by atoms with Crippen LogP contribution < -0.4 is 0 Å². The molecule has 0 heterocycles. The monoisotopic (exact) mass is 196 g/mol. The molecule has 0 spiro atoms. The van der Waals surface area contributed by atoms with Gasteiger partial charge in [-0.2, -0.15) is 0 Å². The molecule has 0 fully saturated rings. The summed E-state index contributed by atoms with van der Waals surface area (Å²) < 4.78 is 4.45. The van der Waals surface area contributed by atoms with Crippen LogP contribution in [0.15, 0.2) is 23.8 Å². The number of allylic oxidation sites excluding steroid dienone is 3. The molecule has 3 nitrogen and oxygen atoms in total. The van der Waals surface area contributed by atoms with Crippen molar-refractivity contribution in [1.29, 1.82) is 0 Å². The normalized spacial score (nSPS) is 13.0. The third-order valence-electron chi connectivity index (χ3n) is 1.71. The summed E-state index contributed by atoms with van der Waals surface area (Å²) in [5, 5.41) is 0. The molecule has 0 aromatic heterocycles. The van der Waals surface area contributed by atoms with E-state index >= 15 is 0 Å². The molecule has 0 saturated carbocycles. The molecule has 0 bridgehead atoms. The summed E-state index contributed by atoms with van der Waals surface area (Å²) in [6.07, 6.45) is 5.06. The van der Waals surface area contributed by atoms with Gasteiger partial charge in [0.2, 0.25) is 0 Å². The van der Waals surface area contributed by atoms with Crippen LogP contribution >= 0.6 is 0 Å². The number of rotatable bonds is 3. The number of hydrogen-bond donors (Lipinski definition) is 0. The Hall–Kier alpha value is -1.38. The highest BCUT2D eigenvalue weighted by Gasteiger charge is 2.14. The fourth-order valence-corrected chi connectivity index (χ4v) is 0.855. The lowest BCUT2D eigenvalue weighted by Gasteiger charge is -2.19. The molecule has 0 saturated heterocycles. The standard InChI is InChI=1S/C11H16O3/c1-11(2,3)9(7-8-12)5-6-10(13)14-4/h5-8H,1-4H3/b6-5-,9-7+. The van der Waals surface area contributed by atoms with Crippen molar-refractivity contribution < 1.29 is 14.3 Å². The molecule has 0 aliphatic heterocycles. The van der Waals surface area contributed by atoms with Crippen molar-refractivity contribution >= 4 is 12.3 Å². The van der Waals surface area contributed by atoms with E-state index in [0.717, 1.165) is 5.57 Å². The van der Waals surface area contributed by atoms with Crippen LogP contribution in [0.2, 0.25) is 0 Å². The second-order valence-corrected chi connectivity index (χ2v) is 3.86. The molecule has 0 amide bonds. The summed E-state index contributed by atoms with van der Waals surface area (Å²) in [6, 6.07) is 0. The molecule has 3 heteroatoms. The average Bonchev–Trinajstić information content (AvgIpc) is 2.09. The van der Waals surface area contributed by atoms with Crippen molar-refractivity contribution in [2.24, 2.45) is 5.41 Å². The van der Waals surface area contributed by atoms with Gasteiger partial charge in [0.05, 0.1) is 7.11 Å². The zero-order valence-corrected chi connectivity index (χ0v) is 9.03. The van der Waals surface area contributed by atoms with Crippen LogP contribution in [0.1, 0.15) is 20.8 Å². The molecule has 0 unspecified atom stereocenters. The molecule has 0 aliphatic carbocycles. The molecule has 14 heavy (non-hydrogen) atoms. The molecule has 78 valence electrons. The van der Waals surface area contributed by atoms with E-state index in [1.54, 1.807) is 6.08 Å². The minimum absolute atomic E-state index is 0.161. The van der Waals surface area contributed by atoms with Gasteiger partial charge < -0.3 is 4.74 Å². The van der Waals surface area contributed by atoms with Gasteiger partial charge in [0.15, 0.2) is 0 Å². The highest BCUT2D eigenvalue weighted by molar-refractivity contribution is 5.82. The van der Waals surface area contributed by atoms with E-state index in [1.165, 1.54) is 19.3 Å². The first-order valence-corrected chi connectivity index (χ1v) is 4.33. The molecule has 0 radical (unpaired) electrons. The van der Waals surface area contributed by atoms with Crippen LogP contribution in [0, 0.1) is 5.41 Å². The second-order valence-electron chi connectivity index (χ2n) is 3.86. The summed E-state index contributed by atoms with van der Waals surface area (Å²) in [6.45, 7) is 5.89. The number of carbonyl (C=O) groups is 2. The maximum absolute atomic E-state index is 10.8. The van der Waals surface area contributed by atoms with Crippen LogP contribution in [0.25, 0.3) is 0 Å². The zero-order chi connectivity index (χ0) is 11.2. The number of aldehydes is 1. The largest absolute Gasteiger partial charge is 0.466 e. The Morgan fingerprint density at radius 3 is 2.14 bits per heavy atom. The number of hydrogen-bond acceptors (Lipinski definition) is 3. The van der Waals surface area contributed by atoms with E-state index in [0.29, 0.717) is 6.29 Å². The molecule has 0 aliphatic rings. The molecule has 0 aromatic carbocycles. The molecule has 0 N–H and O–H groups in total. The van der Waals surface area contributed by atoms with Gasteiger partial charge >= 0.3 is 5.97 Å². The van der Waals surface area contributed by atoms with Gasteiger partial charge in [0.25, 0.3) is 0 Å². The maximum Gasteiger partial charge on any atom is 0.330 e. The lowest BCUT2D eigenvalue weighted by molar-refractivity contribution is -0.134. The van der Waals surface area contributed by atoms with Gasteiger partial charge in [-0.25, -0.2) is 4.79 Å². The van der Waals surface area contributed by atoms with Crippen LogP contribution in [-0.4, -0.2) is 19.4 Å². The van der Waals surface area contributed by atoms with Crippen LogP contribution in [0.5, 0.6) is 0 Å². The van der Waals surface area contributed by atoms with Crippen molar-refractivity contribution in [3.05, 3.63) is 23.8 Å². The van der Waals surface area contributed by atoms with E-state index in [9.17, 15) is 9.59 Å². The summed E-state index contributed by atoms with van der Waals surface area (Å²) in [7, 11) is 1.31. The third-order valence-corrected chi connectivity index (χ3v) is 1.71. The molecule has 0 rings (SSSR count). The zero-order valence-electron chi connectivity index (χ0n) is 9.03. The maximum atomic E-state index is 10.8. The van der Waals surface area contributed by atoms with Crippen LogP contribution in [0.4, 0.5) is 0 Å². The quantitative estimate of drug-likeness (QED) is 0.299. The molecular formula is C11H16O3. The second kappa shape index (κ2) is 5.37. The van der Waals surface area contributed by atoms with E-state index in [-0.39, 0.29) is 5.41 Å². The number of methoxy groups -OCH3 is 1. The Morgan fingerprint density at radius 2 is 1.79 bits per heavy atom. The van der Waals surface area contributed by atoms with Gasteiger partial charge in [-0.05, 0) is 17.1 Å². The van der Waals surface area contributed by atoms with Gasteiger partial charge in [-0.1, -0.05) is 26.8 Å². The Morgan fingerprint density at radius 1 is 1.21 bits per heavy atom. The first kappa shape index (κ1) is 12.6. The molecular weight excluding hydrogens is 180 g/mol. The Labute approximate surface area is 84.4 Å². The smallest absolute Gasteiger partial charge is 0.330 e. The highest BCUT2D eigenvalue weighted by atomic mass is 16.5. The van der Waals surface area contributed by atoms with Gasteiger partial charge in [0, 0.05) is 6.08 Å². The van der Waals surface area contributed by atoms with Crippen molar-refractivity contribution in [3.63, 3.8) is 0 Å². The summed E-state index contributed by atoms with van der Waals surface area (Å²) >= 11 is 0. The Balaban J connectivity index is 4.72. The number of esters is 1. The number of ether oxygens (including phenoxy) is 1. The Kier molecular flexibility index (Phi) is 4.84.